The van der Waals surface area contributed by atoms with E-state index in [2.05, 4.69) is 19.2 Å². The highest BCUT2D eigenvalue weighted by Gasteiger charge is 2.18. The van der Waals surface area contributed by atoms with Gasteiger partial charge < -0.3 is 20.3 Å². The van der Waals surface area contributed by atoms with Gasteiger partial charge in [-0.3, -0.25) is 9.59 Å². The van der Waals surface area contributed by atoms with Crippen molar-refractivity contribution in [1.29, 1.82) is 0 Å². The first-order valence-electron chi connectivity index (χ1n) is 24.5. The van der Waals surface area contributed by atoms with Crippen molar-refractivity contribution < 1.29 is 24.5 Å². The molecule has 6 heteroatoms. The first-order valence-corrected chi connectivity index (χ1v) is 24.5. The molecule has 0 aliphatic heterocycles. The van der Waals surface area contributed by atoms with Gasteiger partial charge in [-0.1, -0.05) is 231 Å². The number of hydrogen-bond acceptors (Lipinski definition) is 5. The van der Waals surface area contributed by atoms with E-state index in [1.165, 1.54) is 180 Å². The van der Waals surface area contributed by atoms with Crippen LogP contribution in [-0.4, -0.2) is 47.4 Å². The first-order chi connectivity index (χ1) is 27.0. The van der Waals surface area contributed by atoms with Gasteiger partial charge in [0.1, 0.15) is 0 Å². The number of amides is 1. The fourth-order valence-electron chi connectivity index (χ4n) is 7.51. The number of carbonyl (C=O) groups is 2. The minimum atomic E-state index is -0.859. The van der Waals surface area contributed by atoms with Crippen LogP contribution in [0.3, 0.4) is 0 Å². The number of ether oxygens (including phenoxy) is 1. The van der Waals surface area contributed by atoms with Crippen molar-refractivity contribution >= 4 is 11.9 Å². The summed E-state index contributed by atoms with van der Waals surface area (Å²) >= 11 is 0. The molecule has 55 heavy (non-hydrogen) atoms. The van der Waals surface area contributed by atoms with Crippen LogP contribution in [0.5, 0.6) is 0 Å². The number of aliphatic hydroxyl groups is 2. The van der Waals surface area contributed by atoms with Gasteiger partial charge in [-0.2, -0.15) is 0 Å². The molecule has 0 fully saturated rings. The third kappa shape index (κ3) is 42.0. The normalized spacial score (nSPS) is 12.7. The maximum atomic E-state index is 12.4. The van der Waals surface area contributed by atoms with Crippen molar-refractivity contribution in [2.45, 2.75) is 276 Å². The highest BCUT2D eigenvalue weighted by Crippen LogP contribution is 2.16. The summed E-state index contributed by atoms with van der Waals surface area (Å²) in [5, 5.41) is 23.0. The predicted molar refractivity (Wildman–Crippen MR) is 237 cm³/mol. The highest BCUT2D eigenvalue weighted by molar-refractivity contribution is 5.76. The van der Waals surface area contributed by atoms with Crippen LogP contribution in [0.4, 0.5) is 0 Å². The Balaban J connectivity index is 3.52. The third-order valence-electron chi connectivity index (χ3n) is 11.3. The smallest absolute Gasteiger partial charge is 0.305 e. The molecule has 0 aromatic heterocycles. The lowest BCUT2D eigenvalue weighted by Crippen LogP contribution is -2.45. The Kier molecular flexibility index (Phi) is 44.2. The van der Waals surface area contributed by atoms with Gasteiger partial charge in [0.15, 0.2) is 0 Å². The number of aliphatic hydroxyl groups excluding tert-OH is 2. The topological polar surface area (TPSA) is 95.9 Å². The quantitative estimate of drug-likeness (QED) is 0.0325. The SMILES string of the molecule is CCCCCCCCCCCCCCC/C=C/C(O)C(CO)NC(=O)CCCCCCCCCCCOC(=O)CCCCCCCCCCCCCCCC. The van der Waals surface area contributed by atoms with Gasteiger partial charge in [0.05, 0.1) is 25.4 Å². The molecule has 0 aromatic rings. The second-order valence-electron chi connectivity index (χ2n) is 16.8. The zero-order valence-electron chi connectivity index (χ0n) is 36.9. The Morgan fingerprint density at radius 2 is 0.836 bits per heavy atom. The van der Waals surface area contributed by atoms with E-state index < -0.39 is 12.1 Å². The van der Waals surface area contributed by atoms with Crippen LogP contribution in [0, 0.1) is 0 Å². The fraction of sp³-hybridized carbons (Fsp3) is 0.918. The molecule has 0 radical (unpaired) electrons. The molecule has 0 aromatic carbocycles. The molecule has 0 saturated heterocycles. The number of hydrogen-bond donors (Lipinski definition) is 3. The van der Waals surface area contributed by atoms with Gasteiger partial charge in [-0.25, -0.2) is 0 Å². The number of carbonyl (C=O) groups excluding carboxylic acids is 2. The minimum Gasteiger partial charge on any atom is -0.466 e. The van der Waals surface area contributed by atoms with E-state index in [4.69, 9.17) is 4.74 Å². The third-order valence-corrected chi connectivity index (χ3v) is 11.3. The molecule has 6 nitrogen and oxygen atoms in total. The van der Waals surface area contributed by atoms with E-state index in [0.29, 0.717) is 19.4 Å². The molecule has 326 valence electrons. The van der Waals surface area contributed by atoms with Crippen molar-refractivity contribution in [2.75, 3.05) is 13.2 Å². The van der Waals surface area contributed by atoms with Gasteiger partial charge in [0, 0.05) is 12.8 Å². The lowest BCUT2D eigenvalue weighted by molar-refractivity contribution is -0.143. The maximum absolute atomic E-state index is 12.4. The predicted octanol–water partition coefficient (Wildman–Crippen LogP) is 14.2. The molecule has 2 atom stereocenters. The molecule has 3 N–H and O–H groups in total. The fourth-order valence-corrected chi connectivity index (χ4v) is 7.51. The van der Waals surface area contributed by atoms with Crippen LogP contribution in [0.1, 0.15) is 264 Å². The molecule has 0 heterocycles. The second-order valence-corrected chi connectivity index (χ2v) is 16.8. The maximum Gasteiger partial charge on any atom is 0.305 e. The summed E-state index contributed by atoms with van der Waals surface area (Å²) < 4.78 is 5.44. The summed E-state index contributed by atoms with van der Waals surface area (Å²) in [4.78, 5) is 24.4. The zero-order chi connectivity index (χ0) is 40.1. The van der Waals surface area contributed by atoms with E-state index in [1.807, 2.05) is 6.08 Å². The summed E-state index contributed by atoms with van der Waals surface area (Å²) in [6.45, 7) is 4.84. The van der Waals surface area contributed by atoms with Crippen molar-refractivity contribution in [3.8, 4) is 0 Å². The van der Waals surface area contributed by atoms with Crippen LogP contribution in [-0.2, 0) is 14.3 Å². The van der Waals surface area contributed by atoms with Gasteiger partial charge in [0.2, 0.25) is 5.91 Å². The summed E-state index contributed by atoms with van der Waals surface area (Å²) in [5.74, 6) is -0.119. The molecule has 1 amide bonds. The standard InChI is InChI=1S/C49H95NO5/c1-3-5-7-9-11-13-15-17-19-20-22-25-29-33-37-41-47(52)46(45-51)50-48(53)42-38-34-30-26-24-28-32-36-40-44-55-49(54)43-39-35-31-27-23-21-18-16-14-12-10-8-6-4-2/h37,41,46-47,51-52H,3-36,38-40,42-45H2,1-2H3,(H,50,53)/b41-37+. The van der Waals surface area contributed by atoms with Crippen LogP contribution >= 0.6 is 0 Å². The molecule has 0 rings (SSSR count). The number of rotatable bonds is 45. The number of allylic oxidation sites excluding steroid dienone is 1. The molecule has 0 bridgehead atoms. The van der Waals surface area contributed by atoms with E-state index in [-0.39, 0.29) is 18.5 Å². The van der Waals surface area contributed by atoms with Gasteiger partial charge in [0.25, 0.3) is 0 Å². The molecule has 0 aliphatic carbocycles. The average molecular weight is 778 g/mol. The lowest BCUT2D eigenvalue weighted by atomic mass is 10.0. The van der Waals surface area contributed by atoms with Crippen molar-refractivity contribution in [2.24, 2.45) is 0 Å². The average Bonchev–Trinajstić information content (AvgIpc) is 3.18. The van der Waals surface area contributed by atoms with Gasteiger partial charge >= 0.3 is 5.97 Å². The monoisotopic (exact) mass is 778 g/mol. The van der Waals surface area contributed by atoms with Gasteiger partial charge in [-0.05, 0) is 32.1 Å². The van der Waals surface area contributed by atoms with E-state index in [9.17, 15) is 19.8 Å². The molecular weight excluding hydrogens is 683 g/mol. The van der Waals surface area contributed by atoms with Crippen LogP contribution in [0.2, 0.25) is 0 Å². The summed E-state index contributed by atoms with van der Waals surface area (Å²) in [6, 6.07) is -0.646. The molecule has 0 saturated carbocycles. The molecule has 2 unspecified atom stereocenters. The Morgan fingerprint density at radius 1 is 0.491 bits per heavy atom. The van der Waals surface area contributed by atoms with Gasteiger partial charge in [-0.15, -0.1) is 0 Å². The number of unbranched alkanes of at least 4 members (excludes halogenated alkanes) is 34. The zero-order valence-corrected chi connectivity index (χ0v) is 36.9. The second kappa shape index (κ2) is 45.3. The number of esters is 1. The Morgan fingerprint density at radius 3 is 1.24 bits per heavy atom. The summed E-state index contributed by atoms with van der Waals surface area (Å²) in [6.07, 6.45) is 50.5. The van der Waals surface area contributed by atoms with Crippen molar-refractivity contribution in [1.82, 2.24) is 5.32 Å². The molecule has 0 aliphatic rings. The largest absolute Gasteiger partial charge is 0.466 e. The van der Waals surface area contributed by atoms with E-state index in [0.717, 1.165) is 57.8 Å². The van der Waals surface area contributed by atoms with Crippen molar-refractivity contribution in [3.63, 3.8) is 0 Å². The lowest BCUT2D eigenvalue weighted by Gasteiger charge is -2.20. The Bertz CT molecular complexity index is 817. The highest BCUT2D eigenvalue weighted by atomic mass is 16.5. The van der Waals surface area contributed by atoms with E-state index in [1.54, 1.807) is 6.08 Å². The summed E-state index contributed by atoms with van der Waals surface area (Å²) in [7, 11) is 0. The molecule has 0 spiro atoms. The molecular formula is C49H95NO5. The van der Waals surface area contributed by atoms with Crippen LogP contribution < -0.4 is 5.32 Å². The van der Waals surface area contributed by atoms with Crippen LogP contribution in [0.15, 0.2) is 12.2 Å². The van der Waals surface area contributed by atoms with Crippen LogP contribution in [0.25, 0.3) is 0 Å². The Labute approximate surface area is 342 Å². The first kappa shape index (κ1) is 53.6. The van der Waals surface area contributed by atoms with E-state index >= 15 is 0 Å². The number of nitrogens with one attached hydrogen (secondary N) is 1. The summed E-state index contributed by atoms with van der Waals surface area (Å²) in [5.41, 5.74) is 0. The van der Waals surface area contributed by atoms with Crippen molar-refractivity contribution in [3.05, 3.63) is 12.2 Å². The Hall–Kier alpha value is -1.40. The minimum absolute atomic E-state index is 0.0251.